The number of ether oxygens (including phenoxy) is 2. The van der Waals surface area contributed by atoms with Gasteiger partial charge in [-0.1, -0.05) is 17.7 Å². The molecule has 0 amide bonds. The lowest BCUT2D eigenvalue weighted by atomic mass is 10.1. The van der Waals surface area contributed by atoms with Gasteiger partial charge in [0.25, 0.3) is 0 Å². The van der Waals surface area contributed by atoms with Crippen molar-refractivity contribution in [1.29, 1.82) is 0 Å². The van der Waals surface area contributed by atoms with Gasteiger partial charge in [0.2, 0.25) is 6.79 Å². The molecule has 0 atom stereocenters. The molecule has 3 rings (SSSR count). The van der Waals surface area contributed by atoms with Crippen molar-refractivity contribution in [3.05, 3.63) is 47.5 Å². The number of anilines is 1. The number of aromatic hydroxyl groups is 1. The minimum atomic E-state index is 0.216. The van der Waals surface area contributed by atoms with Gasteiger partial charge >= 0.3 is 0 Å². The van der Waals surface area contributed by atoms with E-state index >= 15 is 0 Å². The Morgan fingerprint density at radius 3 is 2.43 bits per heavy atom. The normalized spacial score (nSPS) is 12.5. The molecule has 2 aromatic carbocycles. The second kappa shape index (κ2) is 5.56. The molecule has 0 aliphatic carbocycles. The van der Waals surface area contributed by atoms with Gasteiger partial charge in [-0.15, -0.1) is 0 Å². The monoisotopic (exact) mass is 285 g/mol. The number of fused-ring (bicyclic) bond motifs is 1. The molecule has 2 aromatic rings. The Hall–Kier alpha value is -2.36. The quantitative estimate of drug-likeness (QED) is 0.934. The fourth-order valence-electron chi connectivity index (χ4n) is 2.45. The second-order valence-corrected chi connectivity index (χ2v) is 5.18. The van der Waals surface area contributed by atoms with Crippen molar-refractivity contribution < 1.29 is 14.6 Å². The first kappa shape index (κ1) is 13.6. The largest absolute Gasteiger partial charge is 0.507 e. The molecule has 0 bridgehead atoms. The first-order chi connectivity index (χ1) is 10.2. The highest BCUT2D eigenvalue weighted by Crippen LogP contribution is 2.38. The zero-order chi connectivity index (χ0) is 14.8. The summed E-state index contributed by atoms with van der Waals surface area (Å²) < 4.78 is 10.6. The van der Waals surface area contributed by atoms with Gasteiger partial charge in [0.05, 0.1) is 0 Å². The number of phenolic OH excluding ortho intramolecular Hbond substituents is 1. The molecule has 1 N–H and O–H groups in total. The van der Waals surface area contributed by atoms with Gasteiger partial charge in [0.15, 0.2) is 11.5 Å². The van der Waals surface area contributed by atoms with Crippen molar-refractivity contribution in [2.24, 2.45) is 0 Å². The van der Waals surface area contributed by atoms with Crippen LogP contribution < -0.4 is 14.4 Å². The lowest BCUT2D eigenvalue weighted by Gasteiger charge is -2.24. The number of nitrogens with zero attached hydrogens (tertiary/aromatic N) is 1. The minimum Gasteiger partial charge on any atom is -0.507 e. The minimum absolute atomic E-state index is 0.216. The van der Waals surface area contributed by atoms with Gasteiger partial charge in [-0.3, -0.25) is 0 Å². The molecule has 0 radical (unpaired) electrons. The van der Waals surface area contributed by atoms with Crippen molar-refractivity contribution >= 4 is 5.69 Å². The van der Waals surface area contributed by atoms with Crippen LogP contribution in [0.2, 0.25) is 0 Å². The van der Waals surface area contributed by atoms with Crippen LogP contribution in [0.3, 0.4) is 0 Å². The smallest absolute Gasteiger partial charge is 0.231 e. The van der Waals surface area contributed by atoms with E-state index in [1.807, 2.05) is 6.07 Å². The molecule has 4 heteroatoms. The summed E-state index contributed by atoms with van der Waals surface area (Å²) in [5.41, 5.74) is 3.21. The molecule has 1 aliphatic rings. The van der Waals surface area contributed by atoms with Gasteiger partial charge in [-0.25, -0.2) is 0 Å². The predicted octanol–water partition coefficient (Wildman–Crippen LogP) is 3.46. The summed E-state index contributed by atoms with van der Waals surface area (Å²) in [5, 5.41) is 10.1. The summed E-state index contributed by atoms with van der Waals surface area (Å²) in [5.74, 6) is 1.54. The second-order valence-electron chi connectivity index (χ2n) is 5.18. The Labute approximate surface area is 124 Å². The van der Waals surface area contributed by atoms with Crippen molar-refractivity contribution in [2.45, 2.75) is 20.4 Å². The van der Waals surface area contributed by atoms with E-state index in [4.69, 9.17) is 9.47 Å². The number of aryl methyl sites for hydroxylation is 1. The number of hydrogen-bond donors (Lipinski definition) is 1. The summed E-state index contributed by atoms with van der Waals surface area (Å²) in [6, 6.07) is 11.9. The van der Waals surface area contributed by atoms with Gasteiger partial charge < -0.3 is 19.5 Å². The highest BCUT2D eigenvalue weighted by atomic mass is 16.7. The standard InChI is InChI=1S/C17H19NO3/c1-3-18(14-6-4-12(2)5-7-14)10-13-8-16-17(9-15(13)19)21-11-20-16/h4-9,19H,3,10-11H2,1-2H3. The third-order valence-electron chi connectivity index (χ3n) is 3.72. The van der Waals surface area contributed by atoms with E-state index in [1.165, 1.54) is 5.56 Å². The maximum atomic E-state index is 10.1. The Kier molecular flexibility index (Phi) is 3.60. The molecule has 110 valence electrons. The number of rotatable bonds is 4. The van der Waals surface area contributed by atoms with E-state index in [-0.39, 0.29) is 12.5 Å². The molecule has 21 heavy (non-hydrogen) atoms. The summed E-state index contributed by atoms with van der Waals surface area (Å²) in [7, 11) is 0. The van der Waals surface area contributed by atoms with Crippen molar-refractivity contribution in [3.8, 4) is 17.2 Å². The van der Waals surface area contributed by atoms with Crippen molar-refractivity contribution in [1.82, 2.24) is 0 Å². The molecule has 1 heterocycles. The van der Waals surface area contributed by atoms with E-state index in [0.717, 1.165) is 17.8 Å². The first-order valence-electron chi connectivity index (χ1n) is 7.10. The molecule has 0 spiro atoms. The Morgan fingerprint density at radius 2 is 1.76 bits per heavy atom. The van der Waals surface area contributed by atoms with Crippen molar-refractivity contribution in [3.63, 3.8) is 0 Å². The van der Waals surface area contributed by atoms with Crippen LogP contribution in [0.25, 0.3) is 0 Å². The predicted molar refractivity (Wildman–Crippen MR) is 82.1 cm³/mol. The zero-order valence-corrected chi connectivity index (χ0v) is 12.3. The SMILES string of the molecule is CCN(Cc1cc2c(cc1O)OCO2)c1ccc(C)cc1. The van der Waals surface area contributed by atoms with E-state index in [2.05, 4.69) is 43.0 Å². The summed E-state index contributed by atoms with van der Waals surface area (Å²) in [6.45, 7) is 5.88. The van der Waals surface area contributed by atoms with Gasteiger partial charge in [-0.05, 0) is 32.0 Å². The van der Waals surface area contributed by atoms with Gasteiger partial charge in [0.1, 0.15) is 5.75 Å². The van der Waals surface area contributed by atoms with Crippen LogP contribution in [-0.4, -0.2) is 18.4 Å². The van der Waals surface area contributed by atoms with E-state index in [9.17, 15) is 5.11 Å². The van der Waals surface area contributed by atoms with E-state index in [0.29, 0.717) is 18.0 Å². The van der Waals surface area contributed by atoms with Crippen LogP contribution in [0.4, 0.5) is 5.69 Å². The average molecular weight is 285 g/mol. The van der Waals surface area contributed by atoms with Crippen LogP contribution in [0.5, 0.6) is 17.2 Å². The fraction of sp³-hybridized carbons (Fsp3) is 0.294. The van der Waals surface area contributed by atoms with E-state index < -0.39 is 0 Å². The lowest BCUT2D eigenvalue weighted by molar-refractivity contribution is 0.174. The number of hydrogen-bond acceptors (Lipinski definition) is 4. The maximum absolute atomic E-state index is 10.1. The summed E-state index contributed by atoms with van der Waals surface area (Å²) in [4.78, 5) is 2.21. The third kappa shape index (κ3) is 2.75. The van der Waals surface area contributed by atoms with Crippen molar-refractivity contribution in [2.75, 3.05) is 18.2 Å². The van der Waals surface area contributed by atoms with Gasteiger partial charge in [-0.2, -0.15) is 0 Å². The Balaban J connectivity index is 1.85. The van der Waals surface area contributed by atoms with Gasteiger partial charge in [0, 0.05) is 30.4 Å². The lowest BCUT2D eigenvalue weighted by Crippen LogP contribution is -2.21. The summed E-state index contributed by atoms with van der Waals surface area (Å²) >= 11 is 0. The van der Waals surface area contributed by atoms with Crippen LogP contribution in [0.15, 0.2) is 36.4 Å². The molecule has 4 nitrogen and oxygen atoms in total. The molecule has 0 saturated carbocycles. The average Bonchev–Trinajstić information content (AvgIpc) is 2.93. The molecule has 1 aliphatic heterocycles. The number of phenols is 1. The molecule has 0 unspecified atom stereocenters. The maximum Gasteiger partial charge on any atom is 0.231 e. The number of benzene rings is 2. The highest BCUT2D eigenvalue weighted by Gasteiger charge is 2.18. The van der Waals surface area contributed by atoms with E-state index in [1.54, 1.807) is 6.07 Å². The van der Waals surface area contributed by atoms with Crippen LogP contribution in [-0.2, 0) is 6.54 Å². The fourth-order valence-corrected chi connectivity index (χ4v) is 2.45. The Morgan fingerprint density at radius 1 is 1.10 bits per heavy atom. The molecule has 0 aromatic heterocycles. The molecule has 0 saturated heterocycles. The molecule has 0 fully saturated rings. The Bertz CT molecular complexity index is 637. The van der Waals surface area contributed by atoms with Crippen LogP contribution >= 0.6 is 0 Å². The summed E-state index contributed by atoms with van der Waals surface area (Å²) in [6.07, 6.45) is 0. The van der Waals surface area contributed by atoms with Crippen LogP contribution in [0, 0.1) is 6.92 Å². The molecular formula is C17H19NO3. The molecular weight excluding hydrogens is 266 g/mol. The third-order valence-corrected chi connectivity index (χ3v) is 3.72. The van der Waals surface area contributed by atoms with Crippen LogP contribution in [0.1, 0.15) is 18.1 Å². The topological polar surface area (TPSA) is 41.9 Å². The highest BCUT2D eigenvalue weighted by molar-refractivity contribution is 5.54. The first-order valence-corrected chi connectivity index (χ1v) is 7.10. The zero-order valence-electron chi connectivity index (χ0n) is 12.3.